The maximum absolute atomic E-state index is 11.0. The first-order valence-electron chi connectivity index (χ1n) is 5.39. The Morgan fingerprint density at radius 1 is 1.63 bits per heavy atom. The van der Waals surface area contributed by atoms with E-state index in [2.05, 4.69) is 20.5 Å². The summed E-state index contributed by atoms with van der Waals surface area (Å²) < 4.78 is 0. The molecule has 96 valence electrons. The molecule has 0 aliphatic rings. The molecule has 0 unspecified atom stereocenters. The number of rotatable bonds is 4. The molecule has 0 fully saturated rings. The molecule has 2 aromatic rings. The van der Waals surface area contributed by atoms with E-state index in [1.54, 1.807) is 12.3 Å². The molecule has 0 aliphatic carbocycles. The summed E-state index contributed by atoms with van der Waals surface area (Å²) in [4.78, 5) is 14.3. The summed E-state index contributed by atoms with van der Waals surface area (Å²) in [7, 11) is 0. The van der Waals surface area contributed by atoms with Crippen molar-refractivity contribution in [3.8, 4) is 6.07 Å². The normalized spacial score (nSPS) is 9.89. The van der Waals surface area contributed by atoms with Gasteiger partial charge in [-0.25, -0.2) is 4.98 Å². The number of nitro groups is 1. The van der Waals surface area contributed by atoms with Crippen LogP contribution in [0.2, 0.25) is 0 Å². The largest absolute Gasteiger partial charge is 0.360 e. The van der Waals surface area contributed by atoms with Crippen LogP contribution in [0, 0.1) is 28.4 Å². The van der Waals surface area contributed by atoms with Crippen LogP contribution in [0.25, 0.3) is 0 Å². The molecular weight excluding hydrogens is 248 g/mol. The molecule has 0 saturated heterocycles. The van der Waals surface area contributed by atoms with Gasteiger partial charge in [-0.1, -0.05) is 0 Å². The van der Waals surface area contributed by atoms with Gasteiger partial charge in [0.05, 0.1) is 11.1 Å². The van der Waals surface area contributed by atoms with Gasteiger partial charge in [-0.15, -0.1) is 0 Å². The van der Waals surface area contributed by atoms with E-state index < -0.39 is 4.92 Å². The van der Waals surface area contributed by atoms with E-state index in [4.69, 9.17) is 5.26 Å². The number of aromatic amines is 1. The summed E-state index contributed by atoms with van der Waals surface area (Å²) in [5, 5.41) is 29.3. The van der Waals surface area contributed by atoms with E-state index in [0.717, 1.165) is 11.3 Å². The summed E-state index contributed by atoms with van der Waals surface area (Å²) >= 11 is 0. The van der Waals surface area contributed by atoms with E-state index in [1.165, 1.54) is 12.3 Å². The lowest BCUT2D eigenvalue weighted by molar-refractivity contribution is -0.384. The quantitative estimate of drug-likeness (QED) is 0.633. The molecule has 2 aromatic heterocycles. The minimum atomic E-state index is -0.615. The number of hydrogen-bond acceptors (Lipinski definition) is 6. The average Bonchev–Trinajstić information content (AvgIpc) is 2.81. The topological polar surface area (TPSA) is 121 Å². The van der Waals surface area contributed by atoms with Crippen LogP contribution in [0.4, 0.5) is 11.5 Å². The van der Waals surface area contributed by atoms with E-state index in [-0.39, 0.29) is 17.1 Å². The van der Waals surface area contributed by atoms with Crippen LogP contribution < -0.4 is 5.32 Å². The van der Waals surface area contributed by atoms with Gasteiger partial charge >= 0.3 is 5.69 Å². The van der Waals surface area contributed by atoms with Crippen LogP contribution in [-0.2, 0) is 6.54 Å². The lowest BCUT2D eigenvalue weighted by Gasteiger charge is -2.05. The predicted molar refractivity (Wildman–Crippen MR) is 66.3 cm³/mol. The molecule has 8 nitrogen and oxygen atoms in total. The van der Waals surface area contributed by atoms with Crippen molar-refractivity contribution in [2.24, 2.45) is 0 Å². The Morgan fingerprint density at radius 2 is 2.42 bits per heavy atom. The molecule has 0 aromatic carbocycles. The second-order valence-electron chi connectivity index (χ2n) is 3.80. The van der Waals surface area contributed by atoms with Crippen molar-refractivity contribution in [1.82, 2.24) is 15.2 Å². The van der Waals surface area contributed by atoms with Crippen LogP contribution in [0.3, 0.4) is 0 Å². The number of nitriles is 1. The number of anilines is 1. The number of hydrogen-bond donors (Lipinski definition) is 2. The van der Waals surface area contributed by atoms with E-state index >= 15 is 0 Å². The van der Waals surface area contributed by atoms with Gasteiger partial charge in [0.15, 0.2) is 0 Å². The minimum absolute atomic E-state index is 0.0218. The first-order valence-corrected chi connectivity index (χ1v) is 5.39. The van der Waals surface area contributed by atoms with E-state index in [0.29, 0.717) is 6.54 Å². The van der Waals surface area contributed by atoms with Crippen LogP contribution in [0.15, 0.2) is 18.5 Å². The van der Waals surface area contributed by atoms with Gasteiger partial charge in [0.2, 0.25) is 5.82 Å². The third kappa shape index (κ3) is 2.50. The number of nitrogens with one attached hydrogen (secondary N) is 2. The number of nitrogens with zero attached hydrogens (tertiary/aromatic N) is 4. The van der Waals surface area contributed by atoms with Crippen molar-refractivity contribution in [3.05, 3.63) is 45.4 Å². The van der Waals surface area contributed by atoms with Crippen LogP contribution in [0.1, 0.15) is 16.8 Å². The number of pyridine rings is 1. The van der Waals surface area contributed by atoms with E-state index in [9.17, 15) is 10.1 Å². The molecule has 2 heterocycles. The fourth-order valence-electron chi connectivity index (χ4n) is 1.59. The highest BCUT2D eigenvalue weighted by molar-refractivity contribution is 5.64. The molecule has 8 heteroatoms. The van der Waals surface area contributed by atoms with Gasteiger partial charge in [-0.3, -0.25) is 15.2 Å². The molecule has 0 spiro atoms. The molecule has 0 saturated carbocycles. The Labute approximate surface area is 108 Å². The fraction of sp³-hybridized carbons (Fsp3) is 0.182. The molecular formula is C11H10N6O2. The predicted octanol–water partition coefficient (Wildman–Crippen LogP) is 1.51. The van der Waals surface area contributed by atoms with Crippen molar-refractivity contribution in [3.63, 3.8) is 0 Å². The van der Waals surface area contributed by atoms with Crippen LogP contribution in [-0.4, -0.2) is 20.1 Å². The van der Waals surface area contributed by atoms with Crippen LogP contribution >= 0.6 is 0 Å². The molecule has 0 aliphatic heterocycles. The first-order chi connectivity index (χ1) is 9.13. The monoisotopic (exact) mass is 258 g/mol. The summed E-state index contributed by atoms with van der Waals surface area (Å²) in [6, 6.07) is 3.09. The van der Waals surface area contributed by atoms with Gasteiger partial charge in [0.25, 0.3) is 0 Å². The van der Waals surface area contributed by atoms with Gasteiger partial charge in [-0.2, -0.15) is 10.4 Å². The molecule has 0 atom stereocenters. The Morgan fingerprint density at radius 3 is 3.00 bits per heavy atom. The van der Waals surface area contributed by atoms with E-state index in [1.807, 2.05) is 6.92 Å². The zero-order valence-corrected chi connectivity index (χ0v) is 10.0. The number of aromatic nitrogens is 3. The van der Waals surface area contributed by atoms with Crippen LogP contribution in [0.5, 0.6) is 0 Å². The highest BCUT2D eigenvalue weighted by Gasteiger charge is 2.21. The molecule has 19 heavy (non-hydrogen) atoms. The van der Waals surface area contributed by atoms with Crippen molar-refractivity contribution in [1.29, 1.82) is 5.26 Å². The zero-order valence-electron chi connectivity index (χ0n) is 10.0. The first kappa shape index (κ1) is 12.5. The SMILES string of the molecule is Cc1[nH]ncc1CNc1nccc(C#N)c1[N+](=O)[O-]. The van der Waals surface area contributed by atoms with Gasteiger partial charge in [-0.05, 0) is 13.0 Å². The summed E-state index contributed by atoms with van der Waals surface area (Å²) in [6.07, 6.45) is 2.98. The third-order valence-corrected chi connectivity index (χ3v) is 2.61. The maximum Gasteiger partial charge on any atom is 0.328 e. The van der Waals surface area contributed by atoms with Crippen molar-refractivity contribution in [2.75, 3.05) is 5.32 Å². The lowest BCUT2D eigenvalue weighted by atomic mass is 10.2. The summed E-state index contributed by atoms with van der Waals surface area (Å²) in [5.74, 6) is 0.0738. The lowest BCUT2D eigenvalue weighted by Crippen LogP contribution is -2.06. The Hall–Kier alpha value is -2.95. The Kier molecular flexibility index (Phi) is 3.38. The summed E-state index contributed by atoms with van der Waals surface area (Å²) in [5.41, 5.74) is 1.41. The van der Waals surface area contributed by atoms with Gasteiger partial charge in [0.1, 0.15) is 11.6 Å². The summed E-state index contributed by atoms with van der Waals surface area (Å²) in [6.45, 7) is 2.18. The highest BCUT2D eigenvalue weighted by Crippen LogP contribution is 2.26. The molecule has 0 amide bonds. The minimum Gasteiger partial charge on any atom is -0.360 e. The van der Waals surface area contributed by atoms with Gasteiger partial charge < -0.3 is 5.32 Å². The zero-order chi connectivity index (χ0) is 13.8. The fourth-order valence-corrected chi connectivity index (χ4v) is 1.59. The molecule has 0 bridgehead atoms. The second-order valence-corrected chi connectivity index (χ2v) is 3.80. The standard InChI is InChI=1S/C11H10N6O2/c1-7-9(6-15-16-7)5-14-11-10(17(18)19)8(4-12)2-3-13-11/h2-3,6H,5H2,1H3,(H,13,14)(H,15,16). The molecule has 2 rings (SSSR count). The second kappa shape index (κ2) is 5.14. The smallest absolute Gasteiger partial charge is 0.328 e. The van der Waals surface area contributed by atoms with Crippen molar-refractivity contribution < 1.29 is 4.92 Å². The average molecular weight is 258 g/mol. The van der Waals surface area contributed by atoms with Gasteiger partial charge in [0, 0.05) is 24.0 Å². The molecule has 2 N–H and O–H groups in total. The highest BCUT2D eigenvalue weighted by atomic mass is 16.6. The molecule has 0 radical (unpaired) electrons. The maximum atomic E-state index is 11.0. The van der Waals surface area contributed by atoms with Crippen molar-refractivity contribution in [2.45, 2.75) is 13.5 Å². The number of H-pyrrole nitrogens is 1. The Bertz CT molecular complexity index is 657. The van der Waals surface area contributed by atoms with Crippen molar-refractivity contribution >= 4 is 11.5 Å². The Balaban J connectivity index is 2.28. The third-order valence-electron chi connectivity index (χ3n) is 2.61. The number of aryl methyl sites for hydroxylation is 1.